The molecule has 0 saturated carbocycles. The Labute approximate surface area is 115 Å². The SMILES string of the molecule is CN(C(=O)O)c1cc(Oc2ccc(F)cc2)ccc1N. The number of nitrogens with two attached hydrogens (primary N) is 1. The molecule has 0 saturated heterocycles. The lowest BCUT2D eigenvalue weighted by atomic mass is 10.2. The number of anilines is 2. The third-order valence-electron chi connectivity index (χ3n) is 2.70. The van der Waals surface area contributed by atoms with Crippen molar-refractivity contribution in [3.63, 3.8) is 0 Å². The second kappa shape index (κ2) is 5.48. The van der Waals surface area contributed by atoms with Gasteiger partial charge in [0.25, 0.3) is 0 Å². The number of halogens is 1. The Bertz CT molecular complexity index is 629. The van der Waals surface area contributed by atoms with Gasteiger partial charge in [0.1, 0.15) is 17.3 Å². The summed E-state index contributed by atoms with van der Waals surface area (Å²) < 4.78 is 18.3. The molecule has 2 aromatic carbocycles. The van der Waals surface area contributed by atoms with Crippen molar-refractivity contribution in [3.8, 4) is 11.5 Å². The van der Waals surface area contributed by atoms with E-state index in [2.05, 4.69) is 0 Å². The van der Waals surface area contributed by atoms with E-state index in [1.807, 2.05) is 0 Å². The van der Waals surface area contributed by atoms with Crippen molar-refractivity contribution >= 4 is 17.5 Å². The van der Waals surface area contributed by atoms with E-state index in [1.54, 1.807) is 12.1 Å². The highest BCUT2D eigenvalue weighted by Gasteiger charge is 2.13. The molecule has 2 aromatic rings. The summed E-state index contributed by atoms with van der Waals surface area (Å²) in [5.74, 6) is 0.495. The van der Waals surface area contributed by atoms with Gasteiger partial charge in [-0.3, -0.25) is 4.90 Å². The number of carboxylic acid groups (broad SMARTS) is 1. The number of benzene rings is 2. The Kier molecular flexibility index (Phi) is 3.74. The molecule has 0 spiro atoms. The van der Waals surface area contributed by atoms with Gasteiger partial charge in [-0.2, -0.15) is 0 Å². The lowest BCUT2D eigenvalue weighted by Crippen LogP contribution is -2.24. The van der Waals surface area contributed by atoms with Crippen molar-refractivity contribution in [2.24, 2.45) is 0 Å². The Hall–Kier alpha value is -2.76. The molecule has 5 nitrogen and oxygen atoms in total. The van der Waals surface area contributed by atoms with Gasteiger partial charge in [0.15, 0.2) is 0 Å². The first-order chi connectivity index (χ1) is 9.47. The normalized spacial score (nSPS) is 10.1. The van der Waals surface area contributed by atoms with Crippen molar-refractivity contribution in [2.45, 2.75) is 0 Å². The van der Waals surface area contributed by atoms with E-state index >= 15 is 0 Å². The zero-order valence-electron chi connectivity index (χ0n) is 10.7. The Morgan fingerprint density at radius 2 is 1.80 bits per heavy atom. The molecule has 0 aromatic heterocycles. The van der Waals surface area contributed by atoms with Gasteiger partial charge in [-0.05, 0) is 36.4 Å². The van der Waals surface area contributed by atoms with Crippen LogP contribution in [0.3, 0.4) is 0 Å². The Morgan fingerprint density at radius 3 is 2.40 bits per heavy atom. The van der Waals surface area contributed by atoms with Crippen LogP contribution < -0.4 is 15.4 Å². The molecule has 2 rings (SSSR count). The van der Waals surface area contributed by atoms with Gasteiger partial charge in [0.05, 0.1) is 11.4 Å². The molecule has 0 fully saturated rings. The van der Waals surface area contributed by atoms with Crippen LogP contribution in [0.4, 0.5) is 20.6 Å². The fourth-order valence-electron chi connectivity index (χ4n) is 1.62. The molecule has 104 valence electrons. The predicted molar refractivity (Wildman–Crippen MR) is 73.8 cm³/mol. The third kappa shape index (κ3) is 2.97. The van der Waals surface area contributed by atoms with Gasteiger partial charge < -0.3 is 15.6 Å². The third-order valence-corrected chi connectivity index (χ3v) is 2.70. The number of hydrogen-bond acceptors (Lipinski definition) is 3. The highest BCUT2D eigenvalue weighted by molar-refractivity contribution is 5.90. The molecule has 0 aliphatic rings. The van der Waals surface area contributed by atoms with E-state index in [9.17, 15) is 9.18 Å². The van der Waals surface area contributed by atoms with Gasteiger partial charge in [0.2, 0.25) is 0 Å². The van der Waals surface area contributed by atoms with Gasteiger partial charge in [-0.25, -0.2) is 9.18 Å². The van der Waals surface area contributed by atoms with Crippen LogP contribution in [0.15, 0.2) is 42.5 Å². The number of nitrogen functional groups attached to an aromatic ring is 1. The molecule has 20 heavy (non-hydrogen) atoms. The van der Waals surface area contributed by atoms with E-state index in [4.69, 9.17) is 15.6 Å². The fourth-order valence-corrected chi connectivity index (χ4v) is 1.62. The quantitative estimate of drug-likeness (QED) is 0.843. The van der Waals surface area contributed by atoms with E-state index in [-0.39, 0.29) is 5.82 Å². The van der Waals surface area contributed by atoms with Crippen LogP contribution in [0, 0.1) is 5.82 Å². The molecule has 0 atom stereocenters. The molecule has 0 radical (unpaired) electrons. The van der Waals surface area contributed by atoms with Crippen molar-refractivity contribution in [1.82, 2.24) is 0 Å². The largest absolute Gasteiger partial charge is 0.465 e. The van der Waals surface area contributed by atoms with Crippen molar-refractivity contribution in [1.29, 1.82) is 0 Å². The van der Waals surface area contributed by atoms with Crippen LogP contribution >= 0.6 is 0 Å². The van der Waals surface area contributed by atoms with Crippen LogP contribution in [-0.4, -0.2) is 18.2 Å². The maximum Gasteiger partial charge on any atom is 0.411 e. The van der Waals surface area contributed by atoms with Gasteiger partial charge >= 0.3 is 6.09 Å². The van der Waals surface area contributed by atoms with Crippen LogP contribution in [0.25, 0.3) is 0 Å². The molecule has 1 amide bonds. The minimum Gasteiger partial charge on any atom is -0.465 e. The van der Waals surface area contributed by atoms with Gasteiger partial charge in [0, 0.05) is 13.1 Å². The lowest BCUT2D eigenvalue weighted by molar-refractivity contribution is 0.203. The first kappa shape index (κ1) is 13.7. The average molecular weight is 276 g/mol. The minimum absolute atomic E-state index is 0.317. The maximum atomic E-state index is 12.8. The highest BCUT2D eigenvalue weighted by Crippen LogP contribution is 2.30. The molecule has 0 aliphatic heterocycles. The molecular formula is C14H13FN2O3. The molecular weight excluding hydrogens is 263 g/mol. The number of amides is 1. The summed E-state index contributed by atoms with van der Waals surface area (Å²) in [6, 6.07) is 10.2. The predicted octanol–water partition coefficient (Wildman–Crippen LogP) is 3.31. The van der Waals surface area contributed by atoms with Crippen molar-refractivity contribution in [3.05, 3.63) is 48.3 Å². The summed E-state index contributed by atoms with van der Waals surface area (Å²) in [5.41, 5.74) is 6.37. The number of carbonyl (C=O) groups is 1. The topological polar surface area (TPSA) is 75.8 Å². The molecule has 0 bridgehead atoms. The van der Waals surface area contributed by atoms with Crippen molar-refractivity contribution in [2.75, 3.05) is 17.7 Å². The van der Waals surface area contributed by atoms with Crippen LogP contribution in [0.1, 0.15) is 0 Å². The summed E-state index contributed by atoms with van der Waals surface area (Å²) in [6.45, 7) is 0. The first-order valence-electron chi connectivity index (χ1n) is 5.77. The summed E-state index contributed by atoms with van der Waals surface area (Å²) in [6.07, 6.45) is -1.13. The Morgan fingerprint density at radius 1 is 1.20 bits per heavy atom. The second-order valence-electron chi connectivity index (χ2n) is 4.12. The minimum atomic E-state index is -1.13. The summed E-state index contributed by atoms with van der Waals surface area (Å²) >= 11 is 0. The fraction of sp³-hybridized carbons (Fsp3) is 0.0714. The molecule has 0 unspecified atom stereocenters. The second-order valence-corrected chi connectivity index (χ2v) is 4.12. The lowest BCUT2D eigenvalue weighted by Gasteiger charge is -2.16. The molecule has 6 heteroatoms. The van der Waals surface area contributed by atoms with E-state index in [0.717, 1.165) is 4.90 Å². The van der Waals surface area contributed by atoms with E-state index in [1.165, 1.54) is 37.4 Å². The number of nitrogens with zero attached hydrogens (tertiary/aromatic N) is 1. The number of hydrogen-bond donors (Lipinski definition) is 2. The zero-order chi connectivity index (χ0) is 14.7. The standard InChI is InChI=1S/C14H13FN2O3/c1-17(14(18)19)13-8-11(6-7-12(13)16)20-10-4-2-9(15)3-5-10/h2-8H,16H2,1H3,(H,18,19). The number of ether oxygens (including phenoxy) is 1. The Balaban J connectivity index is 2.27. The average Bonchev–Trinajstić information content (AvgIpc) is 2.42. The molecule has 3 N–H and O–H groups in total. The summed E-state index contributed by atoms with van der Waals surface area (Å²) in [5, 5.41) is 8.96. The summed E-state index contributed by atoms with van der Waals surface area (Å²) in [4.78, 5) is 11.9. The maximum absolute atomic E-state index is 12.8. The van der Waals surface area contributed by atoms with Crippen molar-refractivity contribution < 1.29 is 19.0 Å². The smallest absolute Gasteiger partial charge is 0.411 e. The van der Waals surface area contributed by atoms with Crippen LogP contribution in [-0.2, 0) is 0 Å². The monoisotopic (exact) mass is 276 g/mol. The zero-order valence-corrected chi connectivity index (χ0v) is 10.7. The first-order valence-corrected chi connectivity index (χ1v) is 5.77. The van der Waals surface area contributed by atoms with Gasteiger partial charge in [-0.15, -0.1) is 0 Å². The molecule has 0 heterocycles. The highest BCUT2D eigenvalue weighted by atomic mass is 19.1. The molecule has 0 aliphatic carbocycles. The number of rotatable bonds is 3. The summed E-state index contributed by atoms with van der Waals surface area (Å²) in [7, 11) is 1.38. The van der Waals surface area contributed by atoms with Gasteiger partial charge in [-0.1, -0.05) is 0 Å². The van der Waals surface area contributed by atoms with Crippen LogP contribution in [0.2, 0.25) is 0 Å². The van der Waals surface area contributed by atoms with E-state index < -0.39 is 6.09 Å². The van der Waals surface area contributed by atoms with E-state index in [0.29, 0.717) is 22.9 Å². The van der Waals surface area contributed by atoms with Crippen LogP contribution in [0.5, 0.6) is 11.5 Å².